The van der Waals surface area contributed by atoms with Gasteiger partial charge in [0.05, 0.1) is 6.10 Å². The zero-order valence-electron chi connectivity index (χ0n) is 8.51. The normalized spacial score (nSPS) is 12.1. The fraction of sp³-hybridized carbons (Fsp3) is 0.364. The minimum atomic E-state index is -0.997. The van der Waals surface area contributed by atoms with Gasteiger partial charge in [-0.15, -0.1) is 0 Å². The number of hydrogen-bond donors (Lipinski definition) is 2. The highest BCUT2D eigenvalue weighted by Gasteiger charge is 2.01. The molecule has 0 heterocycles. The van der Waals surface area contributed by atoms with Crippen molar-refractivity contribution in [3.05, 3.63) is 29.8 Å². The highest BCUT2D eigenvalue weighted by Crippen LogP contribution is 2.13. The van der Waals surface area contributed by atoms with Crippen LogP contribution in [-0.2, 0) is 11.2 Å². The molecule has 0 fully saturated rings. The van der Waals surface area contributed by atoms with Gasteiger partial charge in [0.1, 0.15) is 5.75 Å². The highest BCUT2D eigenvalue weighted by atomic mass is 16.5. The summed E-state index contributed by atoms with van der Waals surface area (Å²) < 4.78 is 4.97. The maximum absolute atomic E-state index is 10.2. The van der Waals surface area contributed by atoms with E-state index >= 15 is 0 Å². The van der Waals surface area contributed by atoms with Crippen molar-refractivity contribution < 1.29 is 19.7 Å². The summed E-state index contributed by atoms with van der Waals surface area (Å²) in [6.07, 6.45) is 0.204. The van der Waals surface area contributed by atoms with E-state index in [-0.39, 0.29) is 12.7 Å². The fourth-order valence-electron chi connectivity index (χ4n) is 1.21. The molecular weight excluding hydrogens is 196 g/mol. The van der Waals surface area contributed by atoms with Crippen molar-refractivity contribution >= 4 is 5.97 Å². The average Bonchev–Trinajstić information content (AvgIpc) is 2.16. The van der Waals surface area contributed by atoms with Gasteiger partial charge in [-0.3, -0.25) is 0 Å². The Bertz CT molecular complexity index is 316. The Labute approximate surface area is 88.1 Å². The van der Waals surface area contributed by atoms with Gasteiger partial charge in [0.15, 0.2) is 6.61 Å². The Morgan fingerprint density at radius 2 is 2.00 bits per heavy atom. The van der Waals surface area contributed by atoms with E-state index in [2.05, 4.69) is 0 Å². The highest BCUT2D eigenvalue weighted by molar-refractivity contribution is 5.68. The Balaban J connectivity index is 2.52. The zero-order chi connectivity index (χ0) is 11.3. The summed E-state index contributed by atoms with van der Waals surface area (Å²) in [7, 11) is 0. The molecule has 0 amide bonds. The van der Waals surface area contributed by atoms with E-state index in [4.69, 9.17) is 14.9 Å². The number of carboxylic acid groups (broad SMARTS) is 1. The quantitative estimate of drug-likeness (QED) is 0.763. The predicted molar refractivity (Wildman–Crippen MR) is 55.0 cm³/mol. The molecule has 1 rings (SSSR count). The summed E-state index contributed by atoms with van der Waals surface area (Å²) in [5.41, 5.74) is 0.993. The first-order chi connectivity index (χ1) is 7.08. The Morgan fingerprint density at radius 3 is 2.47 bits per heavy atom. The van der Waals surface area contributed by atoms with E-state index < -0.39 is 5.97 Å². The first-order valence-corrected chi connectivity index (χ1v) is 4.69. The van der Waals surface area contributed by atoms with Crippen molar-refractivity contribution in [2.45, 2.75) is 19.4 Å². The molecule has 0 bridgehead atoms. The lowest BCUT2D eigenvalue weighted by atomic mass is 10.1. The number of carbonyl (C=O) groups is 1. The molecular formula is C11H14O4. The van der Waals surface area contributed by atoms with Crippen LogP contribution < -0.4 is 4.74 Å². The molecule has 0 saturated heterocycles. The third-order valence-electron chi connectivity index (χ3n) is 1.82. The molecule has 0 aliphatic rings. The minimum absolute atomic E-state index is 0.338. The van der Waals surface area contributed by atoms with Crippen molar-refractivity contribution in [2.75, 3.05) is 6.61 Å². The maximum Gasteiger partial charge on any atom is 0.341 e. The van der Waals surface area contributed by atoms with Crippen molar-refractivity contribution in [3.8, 4) is 5.75 Å². The van der Waals surface area contributed by atoms with E-state index in [0.717, 1.165) is 5.56 Å². The van der Waals surface area contributed by atoms with Crippen LogP contribution in [0.1, 0.15) is 12.5 Å². The molecule has 0 aromatic heterocycles. The van der Waals surface area contributed by atoms with Crippen molar-refractivity contribution in [3.63, 3.8) is 0 Å². The number of rotatable bonds is 5. The number of benzene rings is 1. The molecule has 2 N–H and O–H groups in total. The standard InChI is InChI=1S/C11H14O4/c1-8(12)6-9-2-4-10(5-3-9)15-7-11(13)14/h2-5,8,12H,6-7H2,1H3,(H,13,14). The Hall–Kier alpha value is -1.55. The predicted octanol–water partition coefficient (Wildman–Crippen LogP) is 1.07. The van der Waals surface area contributed by atoms with Gasteiger partial charge in [-0.2, -0.15) is 0 Å². The van der Waals surface area contributed by atoms with Crippen molar-refractivity contribution in [1.82, 2.24) is 0 Å². The number of aliphatic hydroxyl groups excluding tert-OH is 1. The second kappa shape index (κ2) is 5.36. The van der Waals surface area contributed by atoms with E-state index in [0.29, 0.717) is 12.2 Å². The van der Waals surface area contributed by atoms with E-state index in [9.17, 15) is 4.79 Å². The molecule has 1 unspecified atom stereocenters. The van der Waals surface area contributed by atoms with Crippen LogP contribution >= 0.6 is 0 Å². The summed E-state index contributed by atoms with van der Waals surface area (Å²) in [4.78, 5) is 10.2. The summed E-state index contributed by atoms with van der Waals surface area (Å²) in [6, 6.07) is 7.01. The van der Waals surface area contributed by atoms with Crippen molar-refractivity contribution in [2.24, 2.45) is 0 Å². The number of carboxylic acids is 1. The molecule has 0 aliphatic heterocycles. The average molecular weight is 210 g/mol. The lowest BCUT2D eigenvalue weighted by Crippen LogP contribution is -2.09. The van der Waals surface area contributed by atoms with Gasteiger partial charge < -0.3 is 14.9 Å². The Morgan fingerprint density at radius 1 is 1.40 bits per heavy atom. The number of aliphatic hydroxyl groups is 1. The summed E-state index contributed by atoms with van der Waals surface area (Å²) in [5.74, 6) is -0.477. The molecule has 4 nitrogen and oxygen atoms in total. The van der Waals surface area contributed by atoms with Gasteiger partial charge >= 0.3 is 5.97 Å². The number of ether oxygens (including phenoxy) is 1. The summed E-state index contributed by atoms with van der Waals surface area (Å²) >= 11 is 0. The largest absolute Gasteiger partial charge is 0.482 e. The second-order valence-electron chi connectivity index (χ2n) is 3.38. The van der Waals surface area contributed by atoms with Crippen LogP contribution in [0, 0.1) is 0 Å². The molecule has 0 radical (unpaired) electrons. The van der Waals surface area contributed by atoms with Gasteiger partial charge in [0, 0.05) is 0 Å². The van der Waals surface area contributed by atoms with Gasteiger partial charge in [-0.1, -0.05) is 12.1 Å². The molecule has 0 saturated carbocycles. The molecule has 1 atom stereocenters. The van der Waals surface area contributed by atoms with Crippen LogP contribution in [-0.4, -0.2) is 28.9 Å². The summed E-state index contributed by atoms with van der Waals surface area (Å²) in [5, 5.41) is 17.5. The van der Waals surface area contributed by atoms with E-state index in [1.807, 2.05) is 12.1 Å². The van der Waals surface area contributed by atoms with Gasteiger partial charge in [-0.25, -0.2) is 4.79 Å². The lowest BCUT2D eigenvalue weighted by molar-refractivity contribution is -0.139. The van der Waals surface area contributed by atoms with E-state index in [1.54, 1.807) is 19.1 Å². The maximum atomic E-state index is 10.2. The van der Waals surface area contributed by atoms with Crippen molar-refractivity contribution in [1.29, 1.82) is 0 Å². The van der Waals surface area contributed by atoms with Crippen LogP contribution in [0.15, 0.2) is 24.3 Å². The van der Waals surface area contributed by atoms with Gasteiger partial charge in [-0.05, 0) is 31.0 Å². The van der Waals surface area contributed by atoms with Crippen LogP contribution in [0.4, 0.5) is 0 Å². The smallest absolute Gasteiger partial charge is 0.341 e. The SMILES string of the molecule is CC(O)Cc1ccc(OCC(=O)O)cc1. The molecule has 1 aromatic carbocycles. The number of aliphatic carboxylic acids is 1. The van der Waals surface area contributed by atoms with Crippen LogP contribution in [0.3, 0.4) is 0 Å². The number of hydrogen-bond acceptors (Lipinski definition) is 3. The fourth-order valence-corrected chi connectivity index (χ4v) is 1.21. The van der Waals surface area contributed by atoms with Crippen LogP contribution in [0.2, 0.25) is 0 Å². The molecule has 0 spiro atoms. The molecule has 15 heavy (non-hydrogen) atoms. The first kappa shape index (κ1) is 11.5. The third kappa shape index (κ3) is 4.46. The molecule has 82 valence electrons. The Kier molecular flexibility index (Phi) is 4.12. The minimum Gasteiger partial charge on any atom is -0.482 e. The lowest BCUT2D eigenvalue weighted by Gasteiger charge is -2.06. The zero-order valence-corrected chi connectivity index (χ0v) is 8.51. The van der Waals surface area contributed by atoms with Crippen LogP contribution in [0.25, 0.3) is 0 Å². The van der Waals surface area contributed by atoms with Gasteiger partial charge in [0.25, 0.3) is 0 Å². The van der Waals surface area contributed by atoms with Crippen LogP contribution in [0.5, 0.6) is 5.75 Å². The van der Waals surface area contributed by atoms with E-state index in [1.165, 1.54) is 0 Å². The first-order valence-electron chi connectivity index (χ1n) is 4.69. The molecule has 4 heteroatoms. The topological polar surface area (TPSA) is 66.8 Å². The third-order valence-corrected chi connectivity index (χ3v) is 1.82. The molecule has 1 aromatic rings. The molecule has 0 aliphatic carbocycles. The second-order valence-corrected chi connectivity index (χ2v) is 3.38. The van der Waals surface area contributed by atoms with Gasteiger partial charge in [0.2, 0.25) is 0 Å². The summed E-state index contributed by atoms with van der Waals surface area (Å²) in [6.45, 7) is 1.38. The monoisotopic (exact) mass is 210 g/mol.